The Morgan fingerprint density at radius 1 is 1.10 bits per heavy atom. The molecule has 0 fully saturated rings. The maximum atomic E-state index is 12.2. The van der Waals surface area contributed by atoms with Crippen LogP contribution in [0.3, 0.4) is 0 Å². The number of fused-ring (bicyclic) bond motifs is 1. The van der Waals surface area contributed by atoms with Crippen molar-refractivity contribution in [1.29, 1.82) is 5.26 Å². The van der Waals surface area contributed by atoms with E-state index in [9.17, 15) is 10.1 Å². The summed E-state index contributed by atoms with van der Waals surface area (Å²) in [6.07, 6.45) is 0. The van der Waals surface area contributed by atoms with Gasteiger partial charge in [-0.25, -0.2) is 0 Å². The molecule has 0 aromatic heterocycles. The molecular formula is C16H12N2O2. The molecule has 0 bridgehead atoms. The third kappa shape index (κ3) is 2.10. The van der Waals surface area contributed by atoms with E-state index in [0.29, 0.717) is 17.8 Å². The van der Waals surface area contributed by atoms with Gasteiger partial charge in [0.05, 0.1) is 17.8 Å². The van der Waals surface area contributed by atoms with Gasteiger partial charge in [-0.05, 0) is 18.2 Å². The van der Waals surface area contributed by atoms with Gasteiger partial charge in [-0.1, -0.05) is 30.3 Å². The summed E-state index contributed by atoms with van der Waals surface area (Å²) in [6, 6.07) is 16.8. The fourth-order valence-corrected chi connectivity index (χ4v) is 2.27. The van der Waals surface area contributed by atoms with Gasteiger partial charge in [-0.15, -0.1) is 0 Å². The first-order valence-electron chi connectivity index (χ1n) is 6.30. The van der Waals surface area contributed by atoms with Crippen molar-refractivity contribution in [2.75, 3.05) is 11.5 Å². The maximum absolute atomic E-state index is 12.2. The quantitative estimate of drug-likeness (QED) is 0.795. The standard InChI is InChI=1S/C16H12N2O2/c17-9-12-5-1-3-7-14(12)18-10-13-6-2-4-8-15(13)20-11-16(18)19/h1-8H,10-11H2. The van der Waals surface area contributed by atoms with Crippen LogP contribution in [0.15, 0.2) is 48.5 Å². The number of benzene rings is 2. The second-order valence-electron chi connectivity index (χ2n) is 4.51. The lowest BCUT2D eigenvalue weighted by atomic mass is 10.1. The average Bonchev–Trinajstić information content (AvgIpc) is 2.67. The van der Waals surface area contributed by atoms with Crippen LogP contribution in [0.1, 0.15) is 11.1 Å². The maximum Gasteiger partial charge on any atom is 0.265 e. The Morgan fingerprint density at radius 3 is 2.70 bits per heavy atom. The molecule has 2 aromatic rings. The number of carbonyl (C=O) groups excluding carboxylic acids is 1. The van der Waals surface area contributed by atoms with Gasteiger partial charge in [0.25, 0.3) is 5.91 Å². The average molecular weight is 264 g/mol. The second-order valence-corrected chi connectivity index (χ2v) is 4.51. The lowest BCUT2D eigenvalue weighted by Gasteiger charge is -2.21. The van der Waals surface area contributed by atoms with Crippen LogP contribution < -0.4 is 9.64 Å². The van der Waals surface area contributed by atoms with Crippen molar-refractivity contribution in [2.24, 2.45) is 0 Å². The van der Waals surface area contributed by atoms with Crippen LogP contribution >= 0.6 is 0 Å². The first kappa shape index (κ1) is 12.2. The summed E-state index contributed by atoms with van der Waals surface area (Å²) in [5, 5.41) is 9.18. The zero-order valence-electron chi connectivity index (χ0n) is 10.7. The lowest BCUT2D eigenvalue weighted by molar-refractivity contribution is -0.120. The van der Waals surface area contributed by atoms with Crippen LogP contribution in [-0.4, -0.2) is 12.5 Å². The summed E-state index contributed by atoms with van der Waals surface area (Å²) < 4.78 is 5.51. The molecule has 1 aliphatic heterocycles. The highest BCUT2D eigenvalue weighted by molar-refractivity contribution is 5.96. The van der Waals surface area contributed by atoms with Crippen molar-refractivity contribution >= 4 is 11.6 Å². The molecule has 1 heterocycles. The fourth-order valence-electron chi connectivity index (χ4n) is 2.27. The fraction of sp³-hybridized carbons (Fsp3) is 0.125. The Balaban J connectivity index is 2.05. The van der Waals surface area contributed by atoms with E-state index in [0.717, 1.165) is 11.3 Å². The van der Waals surface area contributed by atoms with Crippen molar-refractivity contribution in [3.8, 4) is 11.8 Å². The molecule has 1 aliphatic rings. The van der Waals surface area contributed by atoms with E-state index in [1.54, 1.807) is 23.1 Å². The van der Waals surface area contributed by atoms with E-state index in [4.69, 9.17) is 4.74 Å². The smallest absolute Gasteiger partial charge is 0.265 e. The Bertz CT molecular complexity index is 704. The van der Waals surface area contributed by atoms with Gasteiger partial charge in [-0.2, -0.15) is 5.26 Å². The van der Waals surface area contributed by atoms with E-state index in [2.05, 4.69) is 6.07 Å². The summed E-state index contributed by atoms with van der Waals surface area (Å²) in [5.74, 6) is 0.571. The van der Waals surface area contributed by atoms with Crippen LogP contribution in [0, 0.1) is 11.3 Å². The monoisotopic (exact) mass is 264 g/mol. The summed E-state index contributed by atoms with van der Waals surface area (Å²) in [4.78, 5) is 13.8. The molecule has 0 radical (unpaired) electrons. The van der Waals surface area contributed by atoms with E-state index in [-0.39, 0.29) is 12.5 Å². The number of amides is 1. The first-order valence-corrected chi connectivity index (χ1v) is 6.30. The van der Waals surface area contributed by atoms with Gasteiger partial charge in [0.15, 0.2) is 6.61 Å². The molecule has 4 nitrogen and oxygen atoms in total. The third-order valence-corrected chi connectivity index (χ3v) is 3.27. The van der Waals surface area contributed by atoms with Gasteiger partial charge < -0.3 is 9.64 Å². The molecule has 0 saturated heterocycles. The Kier molecular flexibility index (Phi) is 3.10. The van der Waals surface area contributed by atoms with Gasteiger partial charge in [0.1, 0.15) is 11.8 Å². The zero-order valence-corrected chi connectivity index (χ0v) is 10.7. The van der Waals surface area contributed by atoms with Gasteiger partial charge in [-0.3, -0.25) is 4.79 Å². The molecule has 98 valence electrons. The first-order chi connectivity index (χ1) is 9.79. The number of anilines is 1. The molecule has 0 atom stereocenters. The van der Waals surface area contributed by atoms with E-state index >= 15 is 0 Å². The minimum Gasteiger partial charge on any atom is -0.483 e. The lowest BCUT2D eigenvalue weighted by Crippen LogP contribution is -2.32. The molecule has 4 heteroatoms. The van der Waals surface area contributed by atoms with Crippen LogP contribution in [0.2, 0.25) is 0 Å². The molecule has 0 spiro atoms. The van der Waals surface area contributed by atoms with Crippen LogP contribution in [0.25, 0.3) is 0 Å². The van der Waals surface area contributed by atoms with Crippen molar-refractivity contribution in [2.45, 2.75) is 6.54 Å². The molecule has 20 heavy (non-hydrogen) atoms. The second kappa shape index (κ2) is 5.06. The molecular weight excluding hydrogens is 252 g/mol. The highest BCUT2D eigenvalue weighted by atomic mass is 16.5. The van der Waals surface area contributed by atoms with Gasteiger partial charge in [0.2, 0.25) is 0 Å². The SMILES string of the molecule is N#Cc1ccccc1N1Cc2ccccc2OCC1=O. The highest BCUT2D eigenvalue weighted by Crippen LogP contribution is 2.28. The summed E-state index contributed by atoms with van der Waals surface area (Å²) in [7, 11) is 0. The Hall–Kier alpha value is -2.80. The highest BCUT2D eigenvalue weighted by Gasteiger charge is 2.24. The molecule has 0 aliphatic carbocycles. The molecule has 0 unspecified atom stereocenters. The number of ether oxygens (including phenoxy) is 1. The number of nitriles is 1. The van der Waals surface area contributed by atoms with Gasteiger partial charge in [0, 0.05) is 5.56 Å². The van der Waals surface area contributed by atoms with Crippen LogP contribution in [0.5, 0.6) is 5.75 Å². The third-order valence-electron chi connectivity index (χ3n) is 3.27. The minimum atomic E-state index is -0.149. The zero-order chi connectivity index (χ0) is 13.9. The largest absolute Gasteiger partial charge is 0.483 e. The Labute approximate surface area is 116 Å². The normalized spacial score (nSPS) is 13.9. The summed E-state index contributed by atoms with van der Waals surface area (Å²) in [5.41, 5.74) is 2.05. The van der Waals surface area contributed by atoms with E-state index < -0.39 is 0 Å². The predicted molar refractivity (Wildman–Crippen MR) is 74.3 cm³/mol. The summed E-state index contributed by atoms with van der Waals surface area (Å²) >= 11 is 0. The summed E-state index contributed by atoms with van der Waals surface area (Å²) in [6.45, 7) is 0.393. The number of para-hydroxylation sites is 2. The van der Waals surface area contributed by atoms with Gasteiger partial charge >= 0.3 is 0 Å². The van der Waals surface area contributed by atoms with Crippen molar-refractivity contribution in [3.05, 3.63) is 59.7 Å². The molecule has 0 N–H and O–H groups in total. The van der Waals surface area contributed by atoms with Crippen molar-refractivity contribution in [1.82, 2.24) is 0 Å². The number of hydrogen-bond donors (Lipinski definition) is 0. The predicted octanol–water partition coefficient (Wildman–Crippen LogP) is 2.48. The topological polar surface area (TPSA) is 53.3 Å². The van der Waals surface area contributed by atoms with Crippen molar-refractivity contribution in [3.63, 3.8) is 0 Å². The number of nitrogens with zero attached hydrogens (tertiary/aromatic N) is 2. The molecule has 3 rings (SSSR count). The van der Waals surface area contributed by atoms with E-state index in [1.165, 1.54) is 0 Å². The Morgan fingerprint density at radius 2 is 1.85 bits per heavy atom. The van der Waals surface area contributed by atoms with Crippen LogP contribution in [0.4, 0.5) is 5.69 Å². The minimum absolute atomic E-state index is 0.0171. The number of rotatable bonds is 1. The molecule has 0 saturated carbocycles. The molecule has 2 aromatic carbocycles. The van der Waals surface area contributed by atoms with E-state index in [1.807, 2.05) is 30.3 Å². The van der Waals surface area contributed by atoms with Crippen molar-refractivity contribution < 1.29 is 9.53 Å². The molecule has 1 amide bonds. The number of hydrogen-bond acceptors (Lipinski definition) is 3. The van der Waals surface area contributed by atoms with Crippen LogP contribution in [-0.2, 0) is 11.3 Å². The number of carbonyl (C=O) groups is 1.